The normalized spacial score (nSPS) is 23.7. The lowest BCUT2D eigenvalue weighted by atomic mass is 9.84. The number of amides is 1. The number of anilines is 1. The van der Waals surface area contributed by atoms with E-state index in [1.54, 1.807) is 0 Å². The quantitative estimate of drug-likeness (QED) is 0.813. The van der Waals surface area contributed by atoms with Crippen LogP contribution in [0.15, 0.2) is 0 Å². The maximum absolute atomic E-state index is 12.1. The lowest BCUT2D eigenvalue weighted by Gasteiger charge is -2.26. The van der Waals surface area contributed by atoms with Gasteiger partial charge in [0.15, 0.2) is 0 Å². The Labute approximate surface area is 106 Å². The number of rotatable bonds is 2. The minimum atomic E-state index is -0.135. The van der Waals surface area contributed by atoms with Gasteiger partial charge in [-0.25, -0.2) is 4.98 Å². The largest absolute Gasteiger partial charge is 0.327 e. The molecule has 1 aromatic heterocycles. The lowest BCUT2D eigenvalue weighted by molar-refractivity contribution is -0.121. The Bertz CT molecular complexity index is 448. The molecule has 1 aliphatic carbocycles. The zero-order chi connectivity index (χ0) is 13.1. The second kappa shape index (κ2) is 5.39. The lowest BCUT2D eigenvalue weighted by Crippen LogP contribution is -2.41. The summed E-state index contributed by atoms with van der Waals surface area (Å²) >= 11 is 0. The number of hydrogen-bond donors (Lipinski definition) is 2. The first-order valence-corrected chi connectivity index (χ1v) is 6.32. The Balaban J connectivity index is 2.04. The van der Waals surface area contributed by atoms with Gasteiger partial charge in [0, 0.05) is 6.04 Å². The summed E-state index contributed by atoms with van der Waals surface area (Å²) in [5.74, 6) is 0.0390. The van der Waals surface area contributed by atoms with Crippen LogP contribution in [0.4, 0.5) is 5.95 Å². The monoisotopic (exact) mass is 249 g/mol. The van der Waals surface area contributed by atoms with Crippen molar-refractivity contribution in [2.45, 2.75) is 45.6 Å². The summed E-state index contributed by atoms with van der Waals surface area (Å²) in [7, 11) is 0. The molecule has 1 aromatic rings. The van der Waals surface area contributed by atoms with E-state index in [-0.39, 0.29) is 23.8 Å². The van der Waals surface area contributed by atoms with Gasteiger partial charge in [-0.05, 0) is 26.7 Å². The van der Waals surface area contributed by atoms with Crippen molar-refractivity contribution in [3.8, 4) is 0 Å². The molecule has 1 amide bonds. The van der Waals surface area contributed by atoms with Gasteiger partial charge in [-0.2, -0.15) is 5.10 Å². The Hall–Kier alpha value is -1.56. The van der Waals surface area contributed by atoms with Crippen molar-refractivity contribution < 1.29 is 4.79 Å². The predicted octanol–water partition coefficient (Wildman–Crippen LogP) is 0.944. The van der Waals surface area contributed by atoms with Crippen LogP contribution in [0.2, 0.25) is 0 Å². The van der Waals surface area contributed by atoms with Crippen LogP contribution < -0.4 is 11.1 Å². The highest BCUT2D eigenvalue weighted by Crippen LogP contribution is 2.23. The number of nitrogens with one attached hydrogen (secondary N) is 1. The third-order valence-electron chi connectivity index (χ3n) is 3.48. The average Bonchev–Trinajstić information content (AvgIpc) is 2.34. The van der Waals surface area contributed by atoms with Gasteiger partial charge in [-0.1, -0.05) is 12.8 Å². The second-order valence-corrected chi connectivity index (χ2v) is 4.85. The number of aromatic nitrogens is 3. The van der Waals surface area contributed by atoms with E-state index in [0.717, 1.165) is 37.1 Å². The first-order chi connectivity index (χ1) is 8.58. The first-order valence-electron chi connectivity index (χ1n) is 6.32. The number of hydrogen-bond acceptors (Lipinski definition) is 5. The molecule has 0 radical (unpaired) electrons. The number of nitrogens with two attached hydrogens (primary N) is 1. The van der Waals surface area contributed by atoms with Crippen LogP contribution in [0.1, 0.15) is 37.1 Å². The van der Waals surface area contributed by atoms with E-state index < -0.39 is 0 Å². The fourth-order valence-corrected chi connectivity index (χ4v) is 2.20. The molecule has 2 rings (SSSR count). The summed E-state index contributed by atoms with van der Waals surface area (Å²) in [6.45, 7) is 3.67. The Morgan fingerprint density at radius 1 is 1.22 bits per heavy atom. The summed E-state index contributed by atoms with van der Waals surface area (Å²) in [5.41, 5.74) is 7.51. The van der Waals surface area contributed by atoms with E-state index in [1.807, 2.05) is 13.8 Å². The summed E-state index contributed by atoms with van der Waals surface area (Å²) in [6, 6.07) is -0.0572. The Morgan fingerprint density at radius 3 is 2.61 bits per heavy atom. The van der Waals surface area contributed by atoms with Crippen molar-refractivity contribution in [1.29, 1.82) is 0 Å². The van der Waals surface area contributed by atoms with Crippen LogP contribution in [-0.2, 0) is 4.79 Å². The fraction of sp³-hybridized carbons (Fsp3) is 0.667. The van der Waals surface area contributed by atoms with Crippen molar-refractivity contribution in [3.63, 3.8) is 0 Å². The molecule has 0 bridgehead atoms. The molecule has 1 aliphatic rings. The van der Waals surface area contributed by atoms with Crippen LogP contribution >= 0.6 is 0 Å². The second-order valence-electron chi connectivity index (χ2n) is 4.85. The van der Waals surface area contributed by atoms with Gasteiger partial charge in [0.05, 0.1) is 17.3 Å². The van der Waals surface area contributed by atoms with E-state index >= 15 is 0 Å². The molecule has 0 saturated heterocycles. The van der Waals surface area contributed by atoms with Gasteiger partial charge in [0.2, 0.25) is 11.9 Å². The van der Waals surface area contributed by atoms with Gasteiger partial charge in [0.25, 0.3) is 0 Å². The molecular formula is C12H19N5O. The number of carbonyl (C=O) groups is 1. The van der Waals surface area contributed by atoms with Crippen LogP contribution in [0.25, 0.3) is 0 Å². The van der Waals surface area contributed by atoms with Crippen LogP contribution in [-0.4, -0.2) is 27.1 Å². The van der Waals surface area contributed by atoms with Crippen LogP contribution in [0.3, 0.4) is 0 Å². The molecule has 2 unspecified atom stereocenters. The van der Waals surface area contributed by atoms with Crippen molar-refractivity contribution in [1.82, 2.24) is 15.2 Å². The molecule has 2 atom stereocenters. The topological polar surface area (TPSA) is 93.8 Å². The maximum Gasteiger partial charge on any atom is 0.249 e. The fourth-order valence-electron chi connectivity index (χ4n) is 2.20. The maximum atomic E-state index is 12.1. The van der Waals surface area contributed by atoms with E-state index in [4.69, 9.17) is 5.73 Å². The third kappa shape index (κ3) is 2.81. The summed E-state index contributed by atoms with van der Waals surface area (Å²) in [6.07, 6.45) is 3.90. The molecule has 0 spiro atoms. The van der Waals surface area contributed by atoms with E-state index in [0.29, 0.717) is 0 Å². The highest BCUT2D eigenvalue weighted by Gasteiger charge is 2.28. The summed E-state index contributed by atoms with van der Waals surface area (Å²) < 4.78 is 0. The van der Waals surface area contributed by atoms with Crippen molar-refractivity contribution in [3.05, 3.63) is 11.4 Å². The standard InChI is InChI=1S/C12H19N5O/c1-7-8(2)16-17-12(14-7)15-11(18)9-5-3-4-6-10(9)13/h9-10H,3-6,13H2,1-2H3,(H,14,15,17,18). The van der Waals surface area contributed by atoms with Gasteiger partial charge in [-0.15, -0.1) is 5.10 Å². The zero-order valence-electron chi connectivity index (χ0n) is 10.8. The predicted molar refractivity (Wildman–Crippen MR) is 67.9 cm³/mol. The highest BCUT2D eigenvalue weighted by atomic mass is 16.2. The molecule has 3 N–H and O–H groups in total. The molecular weight excluding hydrogens is 230 g/mol. The molecule has 0 aromatic carbocycles. The molecule has 0 aliphatic heterocycles. The van der Waals surface area contributed by atoms with Gasteiger partial charge < -0.3 is 5.73 Å². The van der Waals surface area contributed by atoms with Crippen molar-refractivity contribution >= 4 is 11.9 Å². The molecule has 1 saturated carbocycles. The van der Waals surface area contributed by atoms with E-state index in [9.17, 15) is 4.79 Å². The van der Waals surface area contributed by atoms with Gasteiger partial charge >= 0.3 is 0 Å². The Morgan fingerprint density at radius 2 is 1.94 bits per heavy atom. The first kappa shape index (κ1) is 12.9. The molecule has 98 valence electrons. The van der Waals surface area contributed by atoms with Crippen molar-refractivity contribution in [2.24, 2.45) is 11.7 Å². The van der Waals surface area contributed by atoms with Crippen LogP contribution in [0, 0.1) is 19.8 Å². The van der Waals surface area contributed by atoms with Gasteiger partial charge in [0.1, 0.15) is 0 Å². The van der Waals surface area contributed by atoms with Gasteiger partial charge in [-0.3, -0.25) is 10.1 Å². The van der Waals surface area contributed by atoms with E-state index in [1.165, 1.54) is 0 Å². The van der Waals surface area contributed by atoms with E-state index in [2.05, 4.69) is 20.5 Å². The zero-order valence-corrected chi connectivity index (χ0v) is 10.8. The minimum absolute atomic E-state index is 0.0572. The number of nitrogens with zero attached hydrogens (tertiary/aromatic N) is 3. The smallest absolute Gasteiger partial charge is 0.249 e. The van der Waals surface area contributed by atoms with Crippen molar-refractivity contribution in [2.75, 3.05) is 5.32 Å². The molecule has 18 heavy (non-hydrogen) atoms. The third-order valence-corrected chi connectivity index (χ3v) is 3.48. The number of aryl methyl sites for hydroxylation is 2. The summed E-state index contributed by atoms with van der Waals surface area (Å²) in [4.78, 5) is 16.3. The average molecular weight is 249 g/mol. The Kier molecular flexibility index (Phi) is 3.86. The molecule has 1 fully saturated rings. The molecule has 6 nitrogen and oxygen atoms in total. The summed E-state index contributed by atoms with van der Waals surface area (Å²) in [5, 5.41) is 10.5. The number of carbonyl (C=O) groups excluding carboxylic acids is 1. The molecule has 6 heteroatoms. The van der Waals surface area contributed by atoms with Crippen LogP contribution in [0.5, 0.6) is 0 Å². The minimum Gasteiger partial charge on any atom is -0.327 e. The highest BCUT2D eigenvalue weighted by molar-refractivity contribution is 5.91. The molecule has 1 heterocycles. The SMILES string of the molecule is Cc1nnc(NC(=O)C2CCCCC2N)nc1C.